The number of hydrogen-bond acceptors (Lipinski definition) is 3. The smallest absolute Gasteiger partial charge is 0.240 e. The van der Waals surface area contributed by atoms with Gasteiger partial charge in [-0.1, -0.05) is 30.1 Å². The van der Waals surface area contributed by atoms with Crippen LogP contribution in [0.15, 0.2) is 23.1 Å². The maximum Gasteiger partial charge on any atom is 0.240 e. The first-order chi connectivity index (χ1) is 7.95. The third-order valence-electron chi connectivity index (χ3n) is 1.99. The van der Waals surface area contributed by atoms with Gasteiger partial charge in [-0.25, -0.2) is 13.1 Å². The molecule has 0 fully saturated rings. The molecule has 0 saturated carbocycles. The van der Waals surface area contributed by atoms with Crippen LogP contribution in [0.5, 0.6) is 0 Å². The Labute approximate surface area is 124 Å². The van der Waals surface area contributed by atoms with Gasteiger partial charge in [-0.05, 0) is 24.7 Å². The summed E-state index contributed by atoms with van der Waals surface area (Å²) in [4.78, 5) is 0.0755. The largest absolute Gasteiger partial charge is 0.316 e. The Hall–Kier alpha value is -0.0400. The molecule has 0 radical (unpaired) electrons. The first-order valence-electron chi connectivity index (χ1n) is 5.12. The van der Waals surface area contributed by atoms with Crippen LogP contribution in [0, 0.1) is 0 Å². The van der Waals surface area contributed by atoms with Gasteiger partial charge in [-0.2, -0.15) is 0 Å². The SMILES string of the molecule is CCNCCNS(=O)(=O)c1cc(Cl)cc(Cl)c1.Cl. The Morgan fingerprint density at radius 3 is 2.17 bits per heavy atom. The maximum absolute atomic E-state index is 11.8. The summed E-state index contributed by atoms with van der Waals surface area (Å²) in [7, 11) is -3.54. The lowest BCUT2D eigenvalue weighted by Gasteiger charge is -2.07. The number of hydrogen-bond donors (Lipinski definition) is 2. The Bertz CT molecular complexity index is 460. The van der Waals surface area contributed by atoms with Crippen LogP contribution in [-0.4, -0.2) is 28.1 Å². The highest BCUT2D eigenvalue weighted by molar-refractivity contribution is 7.89. The van der Waals surface area contributed by atoms with E-state index in [2.05, 4.69) is 10.0 Å². The molecule has 0 unspecified atom stereocenters. The lowest BCUT2D eigenvalue weighted by atomic mass is 10.4. The molecule has 2 N–H and O–H groups in total. The summed E-state index contributed by atoms with van der Waals surface area (Å²) in [6.45, 7) is 3.64. The van der Waals surface area contributed by atoms with Gasteiger partial charge in [0.2, 0.25) is 10.0 Å². The summed E-state index contributed by atoms with van der Waals surface area (Å²) in [6, 6.07) is 4.22. The van der Waals surface area contributed by atoms with Crippen molar-refractivity contribution < 1.29 is 8.42 Å². The third-order valence-corrected chi connectivity index (χ3v) is 3.87. The van der Waals surface area contributed by atoms with E-state index in [9.17, 15) is 8.42 Å². The van der Waals surface area contributed by atoms with Crippen LogP contribution in [0.2, 0.25) is 10.0 Å². The number of halogens is 3. The Morgan fingerprint density at radius 2 is 1.67 bits per heavy atom. The second-order valence-electron chi connectivity index (χ2n) is 3.36. The van der Waals surface area contributed by atoms with Crippen molar-refractivity contribution in [3.05, 3.63) is 28.2 Å². The first kappa shape index (κ1) is 18.0. The Kier molecular flexibility index (Phi) is 8.18. The van der Waals surface area contributed by atoms with Gasteiger partial charge in [0, 0.05) is 23.1 Å². The fraction of sp³-hybridized carbons (Fsp3) is 0.400. The Morgan fingerprint density at radius 1 is 1.11 bits per heavy atom. The summed E-state index contributed by atoms with van der Waals surface area (Å²) in [5, 5.41) is 3.61. The summed E-state index contributed by atoms with van der Waals surface area (Å²) in [6.07, 6.45) is 0. The molecule has 18 heavy (non-hydrogen) atoms. The molecule has 0 spiro atoms. The van der Waals surface area contributed by atoms with Gasteiger partial charge in [0.15, 0.2) is 0 Å². The van der Waals surface area contributed by atoms with Gasteiger partial charge < -0.3 is 5.32 Å². The minimum atomic E-state index is -3.54. The number of benzene rings is 1. The minimum Gasteiger partial charge on any atom is -0.316 e. The molecule has 104 valence electrons. The van der Waals surface area contributed by atoms with E-state index < -0.39 is 10.0 Å². The predicted octanol–water partition coefficient (Wildman–Crippen LogP) is 2.30. The Balaban J connectivity index is 0.00000289. The quantitative estimate of drug-likeness (QED) is 0.785. The van der Waals surface area contributed by atoms with Gasteiger partial charge in [0.05, 0.1) is 4.90 Å². The monoisotopic (exact) mass is 332 g/mol. The topological polar surface area (TPSA) is 58.2 Å². The lowest BCUT2D eigenvalue weighted by molar-refractivity contribution is 0.577. The van der Waals surface area contributed by atoms with Gasteiger partial charge in [-0.15, -0.1) is 12.4 Å². The highest BCUT2D eigenvalue weighted by Gasteiger charge is 2.14. The summed E-state index contributed by atoms with van der Waals surface area (Å²) in [5.74, 6) is 0. The van der Waals surface area contributed by atoms with Crippen LogP contribution < -0.4 is 10.0 Å². The molecule has 0 aliphatic rings. The highest BCUT2D eigenvalue weighted by Crippen LogP contribution is 2.21. The fourth-order valence-electron chi connectivity index (χ4n) is 1.22. The van der Waals surface area contributed by atoms with E-state index in [1.54, 1.807) is 0 Å². The van der Waals surface area contributed by atoms with Crippen molar-refractivity contribution in [2.75, 3.05) is 19.6 Å². The average molecular weight is 334 g/mol. The summed E-state index contributed by atoms with van der Waals surface area (Å²) < 4.78 is 26.1. The zero-order valence-electron chi connectivity index (χ0n) is 9.74. The van der Waals surface area contributed by atoms with Gasteiger partial charge >= 0.3 is 0 Å². The van der Waals surface area contributed by atoms with Crippen LogP contribution in [-0.2, 0) is 10.0 Å². The van der Waals surface area contributed by atoms with Gasteiger partial charge in [-0.3, -0.25) is 0 Å². The van der Waals surface area contributed by atoms with Crippen LogP contribution in [0.1, 0.15) is 6.92 Å². The maximum atomic E-state index is 11.8. The van der Waals surface area contributed by atoms with Gasteiger partial charge in [0.25, 0.3) is 0 Å². The van der Waals surface area contributed by atoms with Crippen molar-refractivity contribution in [1.82, 2.24) is 10.0 Å². The number of sulfonamides is 1. The molecule has 0 saturated heterocycles. The molecular formula is C10H15Cl3N2O2S. The molecule has 0 amide bonds. The second kappa shape index (κ2) is 8.19. The molecule has 0 aliphatic heterocycles. The van der Waals surface area contributed by atoms with Crippen molar-refractivity contribution >= 4 is 45.6 Å². The van der Waals surface area contributed by atoms with E-state index in [0.717, 1.165) is 6.54 Å². The van der Waals surface area contributed by atoms with E-state index in [4.69, 9.17) is 23.2 Å². The predicted molar refractivity (Wildman–Crippen MR) is 77.4 cm³/mol. The van der Waals surface area contributed by atoms with Crippen LogP contribution >= 0.6 is 35.6 Å². The van der Waals surface area contributed by atoms with Crippen LogP contribution in [0.3, 0.4) is 0 Å². The molecule has 1 aromatic carbocycles. The molecule has 0 heterocycles. The van der Waals surface area contributed by atoms with E-state index in [0.29, 0.717) is 23.1 Å². The standard InChI is InChI=1S/C10H14Cl2N2O2S.ClH/c1-2-13-3-4-14-17(15,16)10-6-8(11)5-9(12)7-10;/h5-7,13-14H,2-4H2,1H3;1H. The molecule has 8 heteroatoms. The van der Waals surface area contributed by atoms with Crippen molar-refractivity contribution in [3.8, 4) is 0 Å². The van der Waals surface area contributed by atoms with Gasteiger partial charge in [0.1, 0.15) is 0 Å². The van der Waals surface area contributed by atoms with Crippen molar-refractivity contribution in [1.29, 1.82) is 0 Å². The average Bonchev–Trinajstić information content (AvgIpc) is 2.23. The van der Waals surface area contributed by atoms with Crippen molar-refractivity contribution in [3.63, 3.8) is 0 Å². The molecule has 1 aromatic rings. The van der Waals surface area contributed by atoms with Crippen LogP contribution in [0.25, 0.3) is 0 Å². The zero-order chi connectivity index (χ0) is 12.9. The second-order valence-corrected chi connectivity index (χ2v) is 6.00. The van der Waals surface area contributed by atoms with Crippen LogP contribution in [0.4, 0.5) is 0 Å². The third kappa shape index (κ3) is 5.73. The molecule has 1 rings (SSSR count). The molecular weight excluding hydrogens is 319 g/mol. The van der Waals surface area contributed by atoms with E-state index in [1.165, 1.54) is 18.2 Å². The van der Waals surface area contributed by atoms with E-state index in [1.807, 2.05) is 6.92 Å². The molecule has 0 aromatic heterocycles. The number of likely N-dealkylation sites (N-methyl/N-ethyl adjacent to an activating group) is 1. The van der Waals surface area contributed by atoms with Crippen molar-refractivity contribution in [2.45, 2.75) is 11.8 Å². The minimum absolute atomic E-state index is 0. The summed E-state index contributed by atoms with van der Waals surface area (Å²) in [5.41, 5.74) is 0. The van der Waals surface area contributed by atoms with E-state index in [-0.39, 0.29) is 17.3 Å². The highest BCUT2D eigenvalue weighted by atomic mass is 35.5. The fourth-order valence-corrected chi connectivity index (χ4v) is 2.97. The lowest BCUT2D eigenvalue weighted by Crippen LogP contribution is -2.31. The van der Waals surface area contributed by atoms with Crippen molar-refractivity contribution in [2.24, 2.45) is 0 Å². The van der Waals surface area contributed by atoms with E-state index >= 15 is 0 Å². The molecule has 0 atom stereocenters. The molecule has 0 aliphatic carbocycles. The molecule has 0 bridgehead atoms. The first-order valence-corrected chi connectivity index (χ1v) is 7.36. The normalized spacial score (nSPS) is 11.1. The summed E-state index contributed by atoms with van der Waals surface area (Å²) >= 11 is 11.5. The number of rotatable bonds is 6. The number of nitrogens with one attached hydrogen (secondary N) is 2. The molecule has 4 nitrogen and oxygen atoms in total. The zero-order valence-corrected chi connectivity index (χ0v) is 12.9.